The highest BCUT2D eigenvalue weighted by molar-refractivity contribution is 5.15. The third kappa shape index (κ3) is 18.9. The van der Waals surface area contributed by atoms with Gasteiger partial charge in [0, 0.05) is 5.92 Å². The van der Waals surface area contributed by atoms with Crippen molar-refractivity contribution in [1.82, 2.24) is 4.98 Å². The van der Waals surface area contributed by atoms with Gasteiger partial charge in [-0.1, -0.05) is 192 Å². The van der Waals surface area contributed by atoms with Crippen LogP contribution in [0.4, 0.5) is 0 Å². The summed E-state index contributed by atoms with van der Waals surface area (Å²) in [6.45, 7) is 4.62. The first-order valence-corrected chi connectivity index (χ1v) is 18.9. The van der Waals surface area contributed by atoms with Crippen molar-refractivity contribution in [2.75, 3.05) is 0 Å². The third-order valence-electron chi connectivity index (χ3n) is 9.62. The second-order valence-corrected chi connectivity index (χ2v) is 13.4. The summed E-state index contributed by atoms with van der Waals surface area (Å²) in [5.41, 5.74) is 1.51. The first-order chi connectivity index (χ1) is 20.8. The molecule has 2 atom stereocenters. The van der Waals surface area contributed by atoms with Crippen LogP contribution in [0.2, 0.25) is 0 Å². The van der Waals surface area contributed by atoms with Gasteiger partial charge in [0.05, 0.1) is 0 Å². The number of aromatic nitrogens is 2. The van der Waals surface area contributed by atoms with Crippen molar-refractivity contribution in [3.05, 3.63) is 54.6 Å². The molecular weight excluding hydrogens is 508 g/mol. The van der Waals surface area contributed by atoms with E-state index >= 15 is 0 Å². The Kier molecular flexibility index (Phi) is 23.6. The Morgan fingerprint density at radius 3 is 1.38 bits per heavy atom. The largest absolute Gasteiger partial charge is 0.250 e. The molecule has 2 aromatic rings. The number of unbranched alkanes of at least 4 members (excludes halogenated alkanes) is 22. The van der Waals surface area contributed by atoms with Crippen LogP contribution in [0.3, 0.4) is 0 Å². The molecule has 0 spiro atoms. The van der Waals surface area contributed by atoms with Gasteiger partial charge in [-0.3, -0.25) is 4.98 Å². The lowest BCUT2D eigenvalue weighted by Gasteiger charge is -2.25. The molecular formula is C40H71N2+. The fourth-order valence-electron chi connectivity index (χ4n) is 6.93. The van der Waals surface area contributed by atoms with Crippen molar-refractivity contribution in [1.29, 1.82) is 0 Å². The third-order valence-corrected chi connectivity index (χ3v) is 9.62. The van der Waals surface area contributed by atoms with Crippen molar-refractivity contribution in [2.24, 2.45) is 5.92 Å². The van der Waals surface area contributed by atoms with Crippen LogP contribution >= 0.6 is 0 Å². The molecule has 1 aromatic heterocycles. The highest BCUT2D eigenvalue weighted by Gasteiger charge is 2.26. The van der Waals surface area contributed by atoms with Crippen molar-refractivity contribution in [3.63, 3.8) is 0 Å². The van der Waals surface area contributed by atoms with Gasteiger partial charge in [-0.05, 0) is 31.2 Å². The van der Waals surface area contributed by atoms with Crippen LogP contribution in [0.15, 0.2) is 49.1 Å². The molecule has 0 aliphatic rings. The minimum Gasteiger partial charge on any atom is -0.250 e. The maximum absolute atomic E-state index is 3.35. The number of nitrogens with zero attached hydrogens (tertiary/aromatic N) is 1. The molecule has 0 aliphatic heterocycles. The van der Waals surface area contributed by atoms with E-state index in [1.807, 2.05) is 0 Å². The normalized spacial score (nSPS) is 13.0. The number of hydrogen-bond donors (Lipinski definition) is 1. The quantitative estimate of drug-likeness (QED) is 0.0701. The Labute approximate surface area is 262 Å². The Balaban J connectivity index is 1.68. The van der Waals surface area contributed by atoms with Crippen LogP contribution in [0.1, 0.15) is 192 Å². The van der Waals surface area contributed by atoms with Gasteiger partial charge in [0.1, 0.15) is 18.4 Å². The number of hydrogen-bond acceptors (Lipinski definition) is 0. The second kappa shape index (κ2) is 27.0. The van der Waals surface area contributed by atoms with Crippen LogP contribution in [0.5, 0.6) is 0 Å². The van der Waals surface area contributed by atoms with Crippen LogP contribution in [-0.2, 0) is 6.42 Å². The number of nitrogens with one attached hydrogen (secondary N) is 1. The predicted octanol–water partition coefficient (Wildman–Crippen LogP) is 12.9. The molecule has 2 unspecified atom stereocenters. The zero-order valence-electron chi connectivity index (χ0n) is 28.3. The molecule has 0 aliphatic carbocycles. The summed E-state index contributed by atoms with van der Waals surface area (Å²) in [6, 6.07) is 11.9. The Morgan fingerprint density at radius 2 is 0.952 bits per heavy atom. The maximum atomic E-state index is 3.35. The van der Waals surface area contributed by atoms with E-state index in [1.165, 1.54) is 179 Å². The molecule has 0 saturated carbocycles. The van der Waals surface area contributed by atoms with Crippen molar-refractivity contribution in [2.45, 2.75) is 193 Å². The van der Waals surface area contributed by atoms with E-state index in [1.54, 1.807) is 0 Å². The highest BCUT2D eigenvalue weighted by Crippen LogP contribution is 2.29. The van der Waals surface area contributed by atoms with Crippen LogP contribution in [0.25, 0.3) is 0 Å². The summed E-state index contributed by atoms with van der Waals surface area (Å²) < 4.78 is 2.51. The van der Waals surface area contributed by atoms with Gasteiger partial charge in [-0.15, -0.1) is 0 Å². The van der Waals surface area contributed by atoms with E-state index in [9.17, 15) is 0 Å². The smallest absolute Gasteiger partial charge is 0.241 e. The number of aromatic amines is 1. The number of imidazole rings is 1. The second-order valence-electron chi connectivity index (χ2n) is 13.4. The lowest BCUT2D eigenvalue weighted by molar-refractivity contribution is -0.730. The minimum absolute atomic E-state index is 0.604. The van der Waals surface area contributed by atoms with E-state index in [0.717, 1.165) is 0 Å². The first kappa shape index (κ1) is 36.6. The summed E-state index contributed by atoms with van der Waals surface area (Å²) in [5, 5.41) is 0. The van der Waals surface area contributed by atoms with Crippen LogP contribution < -0.4 is 4.57 Å². The number of rotatable bonds is 30. The zero-order chi connectivity index (χ0) is 29.8. The standard InChI is InChI=1S/C40H70N2/c1-3-5-7-9-11-13-14-15-16-17-18-20-22-24-29-33-40(42-35-34-41-37-42)39(36-38-30-26-25-27-31-38)32-28-23-21-19-12-10-8-6-4-2/h25-27,30-31,34-35,37,39-40H,3-24,28-29,32-33,36H2,1-2H3/p+1. The lowest BCUT2D eigenvalue weighted by atomic mass is 9.84. The molecule has 1 aromatic carbocycles. The van der Waals surface area contributed by atoms with E-state index in [0.29, 0.717) is 12.0 Å². The van der Waals surface area contributed by atoms with Crippen molar-refractivity contribution in [3.8, 4) is 0 Å². The molecule has 1 N–H and O–H groups in total. The molecule has 0 saturated heterocycles. The SMILES string of the molecule is CCCCCCCCCCCCCCCCCC(C(CCCCCCCCCCC)Cc1ccccc1)[n+]1cc[nH]c1. The molecule has 2 heteroatoms. The molecule has 1 heterocycles. The van der Waals surface area contributed by atoms with E-state index in [2.05, 4.69) is 72.5 Å². The van der Waals surface area contributed by atoms with E-state index in [4.69, 9.17) is 0 Å². The Morgan fingerprint density at radius 1 is 0.524 bits per heavy atom. The predicted molar refractivity (Wildman–Crippen MR) is 185 cm³/mol. The molecule has 2 rings (SSSR count). The monoisotopic (exact) mass is 580 g/mol. The minimum atomic E-state index is 0.604. The Bertz CT molecular complexity index is 783. The summed E-state index contributed by atoms with van der Waals surface area (Å²) in [7, 11) is 0. The van der Waals surface area contributed by atoms with Gasteiger partial charge in [0.2, 0.25) is 6.33 Å². The van der Waals surface area contributed by atoms with Crippen molar-refractivity contribution < 1.29 is 4.57 Å². The number of H-pyrrole nitrogens is 1. The fraction of sp³-hybridized carbons (Fsp3) is 0.775. The topological polar surface area (TPSA) is 19.7 Å². The summed E-state index contributed by atoms with van der Waals surface area (Å²) in [5.74, 6) is 0.712. The van der Waals surface area contributed by atoms with E-state index in [-0.39, 0.29) is 0 Å². The molecule has 0 radical (unpaired) electrons. The maximum Gasteiger partial charge on any atom is 0.241 e. The molecule has 42 heavy (non-hydrogen) atoms. The molecule has 0 fully saturated rings. The van der Waals surface area contributed by atoms with Gasteiger partial charge in [0.15, 0.2) is 0 Å². The summed E-state index contributed by atoms with van der Waals surface area (Å²) >= 11 is 0. The Hall–Kier alpha value is -1.57. The van der Waals surface area contributed by atoms with Crippen LogP contribution in [0, 0.1) is 5.92 Å². The molecule has 0 amide bonds. The van der Waals surface area contributed by atoms with Gasteiger partial charge in [-0.2, -0.15) is 0 Å². The average molecular weight is 580 g/mol. The molecule has 240 valence electrons. The first-order valence-electron chi connectivity index (χ1n) is 18.9. The fourth-order valence-corrected chi connectivity index (χ4v) is 6.93. The number of benzene rings is 1. The van der Waals surface area contributed by atoms with Crippen LogP contribution in [-0.4, -0.2) is 4.98 Å². The highest BCUT2D eigenvalue weighted by atomic mass is 15.1. The summed E-state index contributed by atoms with van der Waals surface area (Å²) in [6.07, 6.45) is 44.7. The summed E-state index contributed by atoms with van der Waals surface area (Å²) in [4.78, 5) is 3.35. The van der Waals surface area contributed by atoms with Gasteiger partial charge in [0.25, 0.3) is 0 Å². The average Bonchev–Trinajstić information content (AvgIpc) is 3.55. The lowest BCUT2D eigenvalue weighted by Crippen LogP contribution is -2.42. The zero-order valence-corrected chi connectivity index (χ0v) is 28.3. The van der Waals surface area contributed by atoms with Gasteiger partial charge < -0.3 is 0 Å². The molecule has 0 bridgehead atoms. The van der Waals surface area contributed by atoms with Gasteiger partial charge >= 0.3 is 0 Å². The van der Waals surface area contributed by atoms with Crippen molar-refractivity contribution >= 4 is 0 Å². The van der Waals surface area contributed by atoms with E-state index < -0.39 is 0 Å². The molecule has 2 nitrogen and oxygen atoms in total. The van der Waals surface area contributed by atoms with Gasteiger partial charge in [-0.25, -0.2) is 4.57 Å².